The second-order valence-electron chi connectivity index (χ2n) is 7.42. The van der Waals surface area contributed by atoms with Crippen LogP contribution in [-0.4, -0.2) is 25.7 Å². The molecule has 20 heavy (non-hydrogen) atoms. The summed E-state index contributed by atoms with van der Waals surface area (Å²) in [6.07, 6.45) is 1.22. The van der Waals surface area contributed by atoms with Crippen molar-refractivity contribution in [3.05, 3.63) is 29.8 Å². The van der Waals surface area contributed by atoms with Crippen LogP contribution in [0.1, 0.15) is 52.5 Å². The fourth-order valence-corrected chi connectivity index (χ4v) is 2.82. The summed E-state index contributed by atoms with van der Waals surface area (Å²) in [7, 11) is 0. The van der Waals surface area contributed by atoms with Gasteiger partial charge in [0, 0.05) is 24.8 Å². The van der Waals surface area contributed by atoms with E-state index in [1.54, 1.807) is 0 Å². The Labute approximate surface area is 124 Å². The lowest BCUT2D eigenvalue weighted by Gasteiger charge is -2.34. The Kier molecular flexibility index (Phi) is 4.74. The van der Waals surface area contributed by atoms with E-state index in [-0.39, 0.29) is 0 Å². The molecule has 1 heterocycles. The maximum atomic E-state index is 3.72. The van der Waals surface area contributed by atoms with E-state index < -0.39 is 0 Å². The zero-order chi connectivity index (χ0) is 14.8. The molecule has 0 bridgehead atoms. The summed E-state index contributed by atoms with van der Waals surface area (Å²) >= 11 is 0. The minimum Gasteiger partial charge on any atom is -0.370 e. The van der Waals surface area contributed by atoms with E-state index in [9.17, 15) is 0 Å². The van der Waals surface area contributed by atoms with Crippen LogP contribution in [0.4, 0.5) is 5.69 Å². The van der Waals surface area contributed by atoms with Gasteiger partial charge in [0.2, 0.25) is 0 Å². The fourth-order valence-electron chi connectivity index (χ4n) is 2.82. The number of hydrogen-bond acceptors (Lipinski definition) is 2. The monoisotopic (exact) mass is 274 g/mol. The maximum Gasteiger partial charge on any atom is 0.0369 e. The van der Waals surface area contributed by atoms with Crippen molar-refractivity contribution >= 4 is 5.69 Å². The molecule has 0 radical (unpaired) electrons. The van der Waals surface area contributed by atoms with Crippen molar-refractivity contribution in [1.29, 1.82) is 0 Å². The molecule has 0 aliphatic carbocycles. The summed E-state index contributed by atoms with van der Waals surface area (Å²) in [5, 5.41) is 3.72. The van der Waals surface area contributed by atoms with Crippen molar-refractivity contribution in [1.82, 2.24) is 5.32 Å². The van der Waals surface area contributed by atoms with Crippen LogP contribution < -0.4 is 10.2 Å². The third-order valence-corrected chi connectivity index (χ3v) is 4.35. The third kappa shape index (κ3) is 3.76. The maximum absolute atomic E-state index is 3.72. The molecule has 0 saturated carbocycles. The Balaban J connectivity index is 2.20. The number of hydrogen-bond donors (Lipinski definition) is 1. The Morgan fingerprint density at radius 2 is 2.00 bits per heavy atom. The number of benzene rings is 1. The van der Waals surface area contributed by atoms with E-state index in [0.29, 0.717) is 17.4 Å². The van der Waals surface area contributed by atoms with Crippen molar-refractivity contribution in [3.63, 3.8) is 0 Å². The Hall–Kier alpha value is -1.02. The Morgan fingerprint density at radius 1 is 1.25 bits per heavy atom. The predicted molar refractivity (Wildman–Crippen MR) is 88.6 cm³/mol. The van der Waals surface area contributed by atoms with Crippen molar-refractivity contribution < 1.29 is 0 Å². The highest BCUT2D eigenvalue weighted by Crippen LogP contribution is 2.26. The van der Waals surface area contributed by atoms with E-state index in [0.717, 1.165) is 19.6 Å². The van der Waals surface area contributed by atoms with Gasteiger partial charge in [0.1, 0.15) is 0 Å². The van der Waals surface area contributed by atoms with E-state index in [1.165, 1.54) is 17.7 Å². The van der Waals surface area contributed by atoms with Gasteiger partial charge in [-0.1, -0.05) is 46.8 Å². The van der Waals surface area contributed by atoms with Gasteiger partial charge >= 0.3 is 0 Å². The average molecular weight is 274 g/mol. The first-order valence-electron chi connectivity index (χ1n) is 7.96. The summed E-state index contributed by atoms with van der Waals surface area (Å²) in [4.78, 5) is 2.56. The van der Waals surface area contributed by atoms with Gasteiger partial charge in [0.25, 0.3) is 0 Å². The van der Waals surface area contributed by atoms with Crippen LogP contribution in [0.3, 0.4) is 0 Å². The number of rotatable bonds is 2. The molecule has 1 aromatic carbocycles. The van der Waals surface area contributed by atoms with Gasteiger partial charge in [0.15, 0.2) is 0 Å². The highest BCUT2D eigenvalue weighted by Gasteiger charge is 2.28. The zero-order valence-corrected chi connectivity index (χ0v) is 13.7. The lowest BCUT2D eigenvalue weighted by Crippen LogP contribution is -2.46. The standard InChI is InChI=1S/C18H30N2/c1-14(2)15-8-6-9-16(12-15)20-11-7-10-19-17(13-20)18(3,4)5/h6,8-9,12,14,17,19H,7,10-11,13H2,1-5H3. The second-order valence-corrected chi connectivity index (χ2v) is 7.42. The molecular formula is C18H30N2. The van der Waals surface area contributed by atoms with Gasteiger partial charge in [-0.3, -0.25) is 0 Å². The van der Waals surface area contributed by atoms with E-state index >= 15 is 0 Å². The van der Waals surface area contributed by atoms with Gasteiger partial charge < -0.3 is 10.2 Å². The van der Waals surface area contributed by atoms with Gasteiger partial charge in [-0.05, 0) is 42.0 Å². The molecule has 1 aliphatic rings. The zero-order valence-electron chi connectivity index (χ0n) is 13.7. The van der Waals surface area contributed by atoms with Crippen LogP contribution in [0.15, 0.2) is 24.3 Å². The molecule has 1 atom stereocenters. The van der Waals surface area contributed by atoms with Crippen molar-refractivity contribution in [2.75, 3.05) is 24.5 Å². The normalized spacial score (nSPS) is 21.1. The summed E-state index contributed by atoms with van der Waals surface area (Å²) in [5.41, 5.74) is 3.12. The molecule has 1 saturated heterocycles. The molecule has 0 amide bonds. The minimum atomic E-state index is 0.304. The summed E-state index contributed by atoms with van der Waals surface area (Å²) < 4.78 is 0. The first-order chi connectivity index (χ1) is 9.38. The van der Waals surface area contributed by atoms with Gasteiger partial charge in [0.05, 0.1) is 0 Å². The molecule has 112 valence electrons. The average Bonchev–Trinajstić information content (AvgIpc) is 2.64. The smallest absolute Gasteiger partial charge is 0.0369 e. The lowest BCUT2D eigenvalue weighted by atomic mass is 9.86. The van der Waals surface area contributed by atoms with Crippen LogP contribution in [0.5, 0.6) is 0 Å². The van der Waals surface area contributed by atoms with Crippen LogP contribution in [0.25, 0.3) is 0 Å². The topological polar surface area (TPSA) is 15.3 Å². The molecular weight excluding hydrogens is 244 g/mol. The first-order valence-corrected chi connectivity index (χ1v) is 7.96. The number of nitrogens with one attached hydrogen (secondary N) is 1. The Bertz CT molecular complexity index is 431. The third-order valence-electron chi connectivity index (χ3n) is 4.35. The molecule has 2 heteroatoms. The van der Waals surface area contributed by atoms with Crippen LogP contribution in [0, 0.1) is 5.41 Å². The van der Waals surface area contributed by atoms with Crippen LogP contribution >= 0.6 is 0 Å². The molecule has 1 aliphatic heterocycles. The lowest BCUT2D eigenvalue weighted by molar-refractivity contribution is 0.280. The fraction of sp³-hybridized carbons (Fsp3) is 0.667. The van der Waals surface area contributed by atoms with Crippen LogP contribution in [-0.2, 0) is 0 Å². The highest BCUT2D eigenvalue weighted by molar-refractivity contribution is 5.49. The van der Waals surface area contributed by atoms with Crippen LogP contribution in [0.2, 0.25) is 0 Å². The van der Waals surface area contributed by atoms with Crippen molar-refractivity contribution in [2.45, 2.75) is 53.0 Å². The first kappa shape index (κ1) is 15.4. The molecule has 1 aromatic rings. The predicted octanol–water partition coefficient (Wildman–Crippen LogP) is 4.02. The van der Waals surface area contributed by atoms with Gasteiger partial charge in [-0.2, -0.15) is 0 Å². The Morgan fingerprint density at radius 3 is 2.65 bits per heavy atom. The number of anilines is 1. The summed E-state index contributed by atoms with van der Waals surface area (Å²) in [5.74, 6) is 0.596. The van der Waals surface area contributed by atoms with E-state index in [4.69, 9.17) is 0 Å². The highest BCUT2D eigenvalue weighted by atomic mass is 15.2. The SMILES string of the molecule is CC(C)c1cccc(N2CCCNC(C(C)(C)C)C2)c1. The quantitative estimate of drug-likeness (QED) is 0.876. The minimum absolute atomic E-state index is 0.304. The second kappa shape index (κ2) is 6.17. The van der Waals surface area contributed by atoms with E-state index in [2.05, 4.69) is 69.1 Å². The van der Waals surface area contributed by atoms with Crippen molar-refractivity contribution in [2.24, 2.45) is 5.41 Å². The molecule has 2 rings (SSSR count). The molecule has 1 N–H and O–H groups in total. The summed E-state index contributed by atoms with van der Waals surface area (Å²) in [6.45, 7) is 14.9. The molecule has 2 nitrogen and oxygen atoms in total. The van der Waals surface area contributed by atoms with Gasteiger partial charge in [-0.25, -0.2) is 0 Å². The van der Waals surface area contributed by atoms with E-state index in [1.807, 2.05) is 0 Å². The molecule has 1 fully saturated rings. The largest absolute Gasteiger partial charge is 0.370 e. The molecule has 0 aromatic heterocycles. The van der Waals surface area contributed by atoms with Gasteiger partial charge in [-0.15, -0.1) is 0 Å². The number of nitrogens with zero attached hydrogens (tertiary/aromatic N) is 1. The molecule has 0 spiro atoms. The molecule has 1 unspecified atom stereocenters. The summed E-state index contributed by atoms with van der Waals surface area (Å²) in [6, 6.07) is 9.63. The van der Waals surface area contributed by atoms with Crippen molar-refractivity contribution in [3.8, 4) is 0 Å².